The summed E-state index contributed by atoms with van der Waals surface area (Å²) < 4.78 is 0. The first-order valence-corrected chi connectivity index (χ1v) is 7.81. The van der Waals surface area contributed by atoms with Gasteiger partial charge in [0.1, 0.15) is 6.42 Å². The highest BCUT2D eigenvalue weighted by Gasteiger charge is 2.27. The van der Waals surface area contributed by atoms with Crippen molar-refractivity contribution in [2.24, 2.45) is 11.7 Å². The van der Waals surface area contributed by atoms with Crippen LogP contribution < -0.4 is 11.1 Å². The summed E-state index contributed by atoms with van der Waals surface area (Å²) in [6, 6.07) is 5.71. The number of aryl methyl sites for hydroxylation is 2. The molecule has 124 valence electrons. The molecule has 1 fully saturated rings. The van der Waals surface area contributed by atoms with Gasteiger partial charge in [-0.1, -0.05) is 17.7 Å². The number of carbonyl (C=O) groups excluding carboxylic acids is 3. The summed E-state index contributed by atoms with van der Waals surface area (Å²) in [6.07, 6.45) is 1.21. The van der Waals surface area contributed by atoms with Crippen LogP contribution >= 0.6 is 0 Å². The Morgan fingerprint density at radius 1 is 1.30 bits per heavy atom. The standard InChI is InChI=1S/C17H23N3O3/c1-11-5-6-14(12(2)8-11)19-15(21)9-16(22)20-7-3-4-13(10-20)17(18)23/h5-6,8,13H,3-4,7,9-10H2,1-2H3,(H2,18,23)(H,19,21)/t13-/m1/s1. The molecule has 3 N–H and O–H groups in total. The zero-order valence-electron chi connectivity index (χ0n) is 13.6. The molecule has 0 bridgehead atoms. The molecule has 23 heavy (non-hydrogen) atoms. The summed E-state index contributed by atoms with van der Waals surface area (Å²) in [5.41, 5.74) is 8.09. The molecule has 1 atom stereocenters. The van der Waals surface area contributed by atoms with E-state index < -0.39 is 0 Å². The number of likely N-dealkylation sites (tertiary alicyclic amines) is 1. The van der Waals surface area contributed by atoms with E-state index in [0.29, 0.717) is 25.2 Å². The van der Waals surface area contributed by atoms with Gasteiger partial charge in [0.25, 0.3) is 0 Å². The Morgan fingerprint density at radius 3 is 2.70 bits per heavy atom. The number of carbonyl (C=O) groups is 3. The molecule has 1 heterocycles. The summed E-state index contributed by atoms with van der Waals surface area (Å²) >= 11 is 0. The van der Waals surface area contributed by atoms with Crippen LogP contribution in [0.15, 0.2) is 18.2 Å². The highest BCUT2D eigenvalue weighted by atomic mass is 16.2. The van der Waals surface area contributed by atoms with E-state index in [-0.39, 0.29) is 30.1 Å². The van der Waals surface area contributed by atoms with E-state index in [1.165, 1.54) is 0 Å². The molecule has 0 spiro atoms. The fraction of sp³-hybridized carbons (Fsp3) is 0.471. The minimum atomic E-state index is -0.387. The maximum Gasteiger partial charge on any atom is 0.233 e. The molecule has 0 saturated carbocycles. The molecule has 6 nitrogen and oxygen atoms in total. The number of rotatable bonds is 4. The molecular weight excluding hydrogens is 294 g/mol. The molecule has 1 aliphatic heterocycles. The van der Waals surface area contributed by atoms with Gasteiger partial charge in [-0.05, 0) is 38.3 Å². The van der Waals surface area contributed by atoms with Crippen LogP contribution in [0.5, 0.6) is 0 Å². The van der Waals surface area contributed by atoms with Crippen molar-refractivity contribution in [1.29, 1.82) is 0 Å². The van der Waals surface area contributed by atoms with Gasteiger partial charge < -0.3 is 16.0 Å². The normalized spacial score (nSPS) is 17.7. The number of hydrogen-bond donors (Lipinski definition) is 2. The number of piperidine rings is 1. The summed E-state index contributed by atoms with van der Waals surface area (Å²) in [7, 11) is 0. The minimum absolute atomic E-state index is 0.223. The Balaban J connectivity index is 1.91. The molecule has 1 aromatic rings. The first kappa shape index (κ1) is 17.0. The van der Waals surface area contributed by atoms with Crippen LogP contribution in [0.25, 0.3) is 0 Å². The van der Waals surface area contributed by atoms with Gasteiger partial charge in [-0.15, -0.1) is 0 Å². The maximum atomic E-state index is 12.2. The lowest BCUT2D eigenvalue weighted by molar-refractivity contribution is -0.137. The molecule has 0 aromatic heterocycles. The lowest BCUT2D eigenvalue weighted by atomic mass is 9.97. The number of nitrogens with two attached hydrogens (primary N) is 1. The van der Waals surface area contributed by atoms with E-state index in [1.54, 1.807) is 4.90 Å². The van der Waals surface area contributed by atoms with Crippen LogP contribution in [0.1, 0.15) is 30.4 Å². The summed E-state index contributed by atoms with van der Waals surface area (Å²) in [6.45, 7) is 4.77. The van der Waals surface area contributed by atoms with Gasteiger partial charge in [-0.2, -0.15) is 0 Å². The van der Waals surface area contributed by atoms with Crippen molar-refractivity contribution in [2.75, 3.05) is 18.4 Å². The first-order chi connectivity index (χ1) is 10.9. The van der Waals surface area contributed by atoms with E-state index in [2.05, 4.69) is 5.32 Å². The first-order valence-electron chi connectivity index (χ1n) is 7.81. The van der Waals surface area contributed by atoms with E-state index in [9.17, 15) is 14.4 Å². The molecular formula is C17H23N3O3. The average molecular weight is 317 g/mol. The second-order valence-corrected chi connectivity index (χ2v) is 6.12. The summed E-state index contributed by atoms with van der Waals surface area (Å²) in [5, 5.41) is 2.76. The molecule has 0 radical (unpaired) electrons. The van der Waals surface area contributed by atoms with Crippen LogP contribution in [0, 0.1) is 19.8 Å². The highest BCUT2D eigenvalue weighted by molar-refractivity contribution is 6.04. The van der Waals surface area contributed by atoms with Crippen molar-refractivity contribution in [3.8, 4) is 0 Å². The number of nitrogens with zero attached hydrogens (tertiary/aromatic N) is 1. The number of primary amides is 1. The van der Waals surface area contributed by atoms with Gasteiger partial charge in [0.15, 0.2) is 0 Å². The Bertz CT molecular complexity index is 628. The topological polar surface area (TPSA) is 92.5 Å². The fourth-order valence-corrected chi connectivity index (χ4v) is 2.83. The number of amides is 3. The molecule has 2 rings (SSSR count). The van der Waals surface area contributed by atoms with Gasteiger partial charge in [-0.3, -0.25) is 14.4 Å². The number of anilines is 1. The second-order valence-electron chi connectivity index (χ2n) is 6.12. The number of benzene rings is 1. The van der Waals surface area contributed by atoms with Gasteiger partial charge in [0.05, 0.1) is 5.92 Å². The number of hydrogen-bond acceptors (Lipinski definition) is 3. The van der Waals surface area contributed by atoms with E-state index >= 15 is 0 Å². The average Bonchev–Trinajstić information content (AvgIpc) is 2.50. The van der Waals surface area contributed by atoms with E-state index in [4.69, 9.17) is 5.73 Å². The van der Waals surface area contributed by atoms with Gasteiger partial charge in [0.2, 0.25) is 17.7 Å². The zero-order chi connectivity index (χ0) is 17.0. The Hall–Kier alpha value is -2.37. The summed E-state index contributed by atoms with van der Waals surface area (Å²) in [4.78, 5) is 37.1. The van der Waals surface area contributed by atoms with Gasteiger partial charge in [-0.25, -0.2) is 0 Å². The SMILES string of the molecule is Cc1ccc(NC(=O)CC(=O)N2CCC[C@@H](C(N)=O)C2)c(C)c1. The third kappa shape index (κ3) is 4.55. The maximum absolute atomic E-state index is 12.2. The smallest absolute Gasteiger partial charge is 0.233 e. The molecule has 0 unspecified atom stereocenters. The zero-order valence-corrected chi connectivity index (χ0v) is 13.6. The predicted molar refractivity (Wildman–Crippen MR) is 87.7 cm³/mol. The molecule has 3 amide bonds. The minimum Gasteiger partial charge on any atom is -0.369 e. The lowest BCUT2D eigenvalue weighted by Gasteiger charge is -2.31. The van der Waals surface area contributed by atoms with Crippen LogP contribution in [0.4, 0.5) is 5.69 Å². The fourth-order valence-electron chi connectivity index (χ4n) is 2.83. The Labute approximate surface area is 136 Å². The second kappa shape index (κ2) is 7.26. The van der Waals surface area contributed by atoms with Crippen molar-refractivity contribution in [3.05, 3.63) is 29.3 Å². The van der Waals surface area contributed by atoms with Gasteiger partial charge >= 0.3 is 0 Å². The van der Waals surface area contributed by atoms with E-state index in [1.807, 2.05) is 32.0 Å². The molecule has 0 aliphatic carbocycles. The Morgan fingerprint density at radius 2 is 2.04 bits per heavy atom. The quantitative estimate of drug-likeness (QED) is 0.821. The van der Waals surface area contributed by atoms with Crippen LogP contribution in [-0.4, -0.2) is 35.7 Å². The van der Waals surface area contributed by atoms with Crippen molar-refractivity contribution >= 4 is 23.4 Å². The lowest BCUT2D eigenvalue weighted by Crippen LogP contribution is -2.44. The monoisotopic (exact) mass is 317 g/mol. The molecule has 1 aromatic carbocycles. The van der Waals surface area contributed by atoms with E-state index in [0.717, 1.165) is 17.5 Å². The van der Waals surface area contributed by atoms with Crippen molar-refractivity contribution < 1.29 is 14.4 Å². The predicted octanol–water partition coefficient (Wildman–Crippen LogP) is 1.36. The largest absolute Gasteiger partial charge is 0.369 e. The third-order valence-corrected chi connectivity index (χ3v) is 4.14. The molecule has 1 saturated heterocycles. The van der Waals surface area contributed by atoms with Crippen LogP contribution in [0.3, 0.4) is 0 Å². The van der Waals surface area contributed by atoms with Gasteiger partial charge in [0, 0.05) is 18.8 Å². The highest BCUT2D eigenvalue weighted by Crippen LogP contribution is 2.18. The number of nitrogens with one attached hydrogen (secondary N) is 1. The summed E-state index contributed by atoms with van der Waals surface area (Å²) in [5.74, 6) is -1.31. The van der Waals surface area contributed by atoms with Crippen molar-refractivity contribution in [3.63, 3.8) is 0 Å². The molecule has 6 heteroatoms. The van der Waals surface area contributed by atoms with Crippen molar-refractivity contribution in [2.45, 2.75) is 33.1 Å². The third-order valence-electron chi connectivity index (χ3n) is 4.14. The Kier molecular flexibility index (Phi) is 5.36. The van der Waals surface area contributed by atoms with Crippen molar-refractivity contribution in [1.82, 2.24) is 4.90 Å². The van der Waals surface area contributed by atoms with Crippen LogP contribution in [0.2, 0.25) is 0 Å². The molecule has 1 aliphatic rings. The van der Waals surface area contributed by atoms with Crippen LogP contribution in [-0.2, 0) is 14.4 Å².